The number of hydrogen-bond acceptors (Lipinski definition) is 6. The number of benzene rings is 1. The smallest absolute Gasteiger partial charge is 0.290 e. The molecule has 1 atom stereocenters. The molecule has 7 heteroatoms. The third-order valence-corrected chi connectivity index (χ3v) is 5.89. The van der Waals surface area contributed by atoms with Crippen molar-refractivity contribution in [1.29, 1.82) is 0 Å². The minimum atomic E-state index is -0.650. The van der Waals surface area contributed by atoms with Crippen molar-refractivity contribution in [2.24, 2.45) is 0 Å². The Balaban J connectivity index is 2.12. The number of hydrogen-bond donors (Lipinski definition) is 1. The largest absolute Gasteiger partial charge is 0.503 e. The lowest BCUT2D eigenvalue weighted by Gasteiger charge is -2.27. The molecule has 2 heterocycles. The molecular weight excluding hydrogens is 376 g/mol. The third-order valence-electron chi connectivity index (χ3n) is 4.82. The fourth-order valence-corrected chi connectivity index (χ4v) is 4.34. The third kappa shape index (κ3) is 3.54. The summed E-state index contributed by atoms with van der Waals surface area (Å²) < 4.78 is 5.31. The number of thiazole rings is 1. The van der Waals surface area contributed by atoms with Gasteiger partial charge in [-0.3, -0.25) is 9.59 Å². The molecule has 0 spiro atoms. The van der Waals surface area contributed by atoms with E-state index in [-0.39, 0.29) is 11.4 Å². The van der Waals surface area contributed by atoms with Gasteiger partial charge in [-0.15, -0.1) is 11.3 Å². The van der Waals surface area contributed by atoms with Crippen molar-refractivity contribution in [3.63, 3.8) is 0 Å². The van der Waals surface area contributed by atoms with Gasteiger partial charge >= 0.3 is 0 Å². The average Bonchev–Trinajstić information content (AvgIpc) is 3.15. The Hall–Kier alpha value is -2.67. The molecule has 0 saturated heterocycles. The van der Waals surface area contributed by atoms with Gasteiger partial charge in [0.05, 0.1) is 34.3 Å². The Labute approximate surface area is 168 Å². The summed E-state index contributed by atoms with van der Waals surface area (Å²) in [5.74, 6) is -0.702. The lowest BCUT2D eigenvalue weighted by molar-refractivity contribution is -0.129. The number of amides is 1. The summed E-state index contributed by atoms with van der Waals surface area (Å²) in [6.07, 6.45) is 1.67. The SMILES string of the molecule is CCCCN1C(=O)C(O)=C(C(=O)c2sc(C)nc2C)C1c1cccc(OC)c1. The number of ketones is 1. The monoisotopic (exact) mass is 400 g/mol. The second kappa shape index (κ2) is 8.14. The van der Waals surface area contributed by atoms with Gasteiger partial charge in [0.15, 0.2) is 5.76 Å². The summed E-state index contributed by atoms with van der Waals surface area (Å²) >= 11 is 1.28. The van der Waals surface area contributed by atoms with Crippen LogP contribution in [0, 0.1) is 13.8 Å². The number of rotatable bonds is 7. The predicted octanol–water partition coefficient (Wildman–Crippen LogP) is 4.15. The Morgan fingerprint density at radius 3 is 2.71 bits per heavy atom. The van der Waals surface area contributed by atoms with Gasteiger partial charge in [0, 0.05) is 6.54 Å². The molecule has 0 aliphatic carbocycles. The molecule has 1 aromatic carbocycles. The predicted molar refractivity (Wildman–Crippen MR) is 108 cm³/mol. The molecule has 0 saturated carbocycles. The van der Waals surface area contributed by atoms with Crippen LogP contribution < -0.4 is 4.74 Å². The second-order valence-electron chi connectivity index (χ2n) is 6.77. The van der Waals surface area contributed by atoms with E-state index in [1.165, 1.54) is 11.3 Å². The normalized spacial score (nSPS) is 16.8. The van der Waals surface area contributed by atoms with Gasteiger partial charge in [-0.1, -0.05) is 25.5 Å². The van der Waals surface area contributed by atoms with E-state index in [9.17, 15) is 14.7 Å². The van der Waals surface area contributed by atoms with Crippen LogP contribution >= 0.6 is 11.3 Å². The fourth-order valence-electron chi connectivity index (χ4n) is 3.47. The maximum absolute atomic E-state index is 13.3. The van der Waals surface area contributed by atoms with Gasteiger partial charge in [-0.2, -0.15) is 0 Å². The first-order valence-electron chi connectivity index (χ1n) is 9.25. The first-order valence-corrected chi connectivity index (χ1v) is 10.1. The Kier molecular flexibility index (Phi) is 5.84. The summed E-state index contributed by atoms with van der Waals surface area (Å²) in [6.45, 7) is 6.08. The molecule has 1 N–H and O–H groups in total. The van der Waals surface area contributed by atoms with Crippen molar-refractivity contribution in [1.82, 2.24) is 9.88 Å². The van der Waals surface area contributed by atoms with Gasteiger partial charge in [-0.25, -0.2) is 4.98 Å². The van der Waals surface area contributed by atoms with Gasteiger partial charge in [0.1, 0.15) is 5.75 Å². The molecule has 148 valence electrons. The van der Waals surface area contributed by atoms with E-state index in [1.807, 2.05) is 26.0 Å². The van der Waals surface area contributed by atoms with Gasteiger partial charge in [0.2, 0.25) is 5.78 Å². The maximum atomic E-state index is 13.3. The summed E-state index contributed by atoms with van der Waals surface area (Å²) in [7, 11) is 1.57. The zero-order chi connectivity index (χ0) is 20.4. The molecule has 0 bridgehead atoms. The average molecular weight is 401 g/mol. The summed E-state index contributed by atoms with van der Waals surface area (Å²) in [4.78, 5) is 32.5. The Morgan fingerprint density at radius 1 is 1.36 bits per heavy atom. The number of ether oxygens (including phenoxy) is 1. The van der Waals surface area contributed by atoms with Crippen molar-refractivity contribution < 1.29 is 19.4 Å². The van der Waals surface area contributed by atoms with Gasteiger partial charge in [-0.05, 0) is 38.0 Å². The van der Waals surface area contributed by atoms with E-state index in [2.05, 4.69) is 4.98 Å². The van der Waals surface area contributed by atoms with Crippen LogP contribution in [0.15, 0.2) is 35.6 Å². The van der Waals surface area contributed by atoms with Crippen LogP contribution in [0.2, 0.25) is 0 Å². The number of carbonyl (C=O) groups excluding carboxylic acids is 2. The topological polar surface area (TPSA) is 79.7 Å². The molecule has 28 heavy (non-hydrogen) atoms. The minimum absolute atomic E-state index is 0.112. The zero-order valence-corrected chi connectivity index (χ0v) is 17.3. The van der Waals surface area contributed by atoms with E-state index >= 15 is 0 Å². The minimum Gasteiger partial charge on any atom is -0.503 e. The van der Waals surface area contributed by atoms with Crippen LogP contribution in [0.3, 0.4) is 0 Å². The molecule has 1 unspecified atom stereocenters. The first kappa shape index (κ1) is 20.1. The highest BCUT2D eigenvalue weighted by Gasteiger charge is 2.44. The van der Waals surface area contributed by atoms with E-state index in [4.69, 9.17) is 4.74 Å². The highest BCUT2D eigenvalue weighted by atomic mass is 32.1. The molecular formula is C21H24N2O4S. The van der Waals surface area contributed by atoms with Crippen molar-refractivity contribution in [3.05, 3.63) is 56.7 Å². The molecule has 0 fully saturated rings. The molecule has 0 radical (unpaired) electrons. The Morgan fingerprint density at radius 2 is 2.11 bits per heavy atom. The van der Waals surface area contributed by atoms with Crippen molar-refractivity contribution in [3.8, 4) is 5.75 Å². The second-order valence-corrected chi connectivity index (χ2v) is 7.97. The summed E-state index contributed by atoms with van der Waals surface area (Å²) in [6, 6.07) is 6.61. The van der Waals surface area contributed by atoms with E-state index in [0.29, 0.717) is 22.9 Å². The first-order chi connectivity index (χ1) is 13.4. The van der Waals surface area contributed by atoms with Crippen LogP contribution in [0.5, 0.6) is 5.75 Å². The summed E-state index contributed by atoms with van der Waals surface area (Å²) in [5.41, 5.74) is 1.45. The summed E-state index contributed by atoms with van der Waals surface area (Å²) in [5, 5.41) is 11.4. The molecule has 1 aromatic heterocycles. The van der Waals surface area contributed by atoms with E-state index in [1.54, 1.807) is 31.1 Å². The number of Topliss-reactive ketones (excluding diaryl/α,β-unsaturated/α-hetero) is 1. The molecule has 1 aliphatic heterocycles. The number of aromatic nitrogens is 1. The molecule has 6 nitrogen and oxygen atoms in total. The van der Waals surface area contributed by atoms with E-state index < -0.39 is 17.7 Å². The van der Waals surface area contributed by atoms with Crippen LogP contribution in [-0.2, 0) is 4.79 Å². The number of nitrogens with zero attached hydrogens (tertiary/aromatic N) is 2. The lowest BCUT2D eigenvalue weighted by atomic mass is 9.94. The van der Waals surface area contributed by atoms with Crippen molar-refractivity contribution >= 4 is 23.0 Å². The van der Waals surface area contributed by atoms with E-state index in [0.717, 1.165) is 23.4 Å². The maximum Gasteiger partial charge on any atom is 0.290 e. The number of aliphatic hydroxyl groups is 1. The fraction of sp³-hybridized carbons (Fsp3) is 0.381. The Bertz CT molecular complexity index is 948. The van der Waals surface area contributed by atoms with Crippen LogP contribution in [0.25, 0.3) is 0 Å². The number of aliphatic hydroxyl groups excluding tert-OH is 1. The number of carbonyl (C=O) groups is 2. The molecule has 2 aromatic rings. The number of methoxy groups -OCH3 is 1. The van der Waals surface area contributed by atoms with Crippen LogP contribution in [0.4, 0.5) is 0 Å². The standard InChI is InChI=1S/C21H24N2O4S/c1-5-6-10-23-17(14-8-7-9-15(11-14)27-4)16(19(25)21(23)26)18(24)20-12(2)22-13(3)28-20/h7-9,11,17,25H,5-6,10H2,1-4H3. The van der Waals surface area contributed by atoms with Crippen molar-refractivity contribution in [2.45, 2.75) is 39.7 Å². The number of unbranched alkanes of at least 4 members (excludes halogenated alkanes) is 1. The quantitative estimate of drug-likeness (QED) is 0.707. The van der Waals surface area contributed by atoms with Crippen LogP contribution in [-0.4, -0.2) is 40.3 Å². The highest BCUT2D eigenvalue weighted by molar-refractivity contribution is 7.14. The van der Waals surface area contributed by atoms with Gasteiger partial charge in [0.25, 0.3) is 5.91 Å². The van der Waals surface area contributed by atoms with Gasteiger partial charge < -0.3 is 14.7 Å². The van der Waals surface area contributed by atoms with Crippen LogP contribution in [0.1, 0.15) is 51.7 Å². The van der Waals surface area contributed by atoms with Crippen molar-refractivity contribution in [2.75, 3.05) is 13.7 Å². The lowest BCUT2D eigenvalue weighted by Crippen LogP contribution is -2.32. The number of aryl methyl sites for hydroxylation is 2. The zero-order valence-electron chi connectivity index (χ0n) is 16.5. The molecule has 3 rings (SSSR count). The molecule has 1 amide bonds. The highest BCUT2D eigenvalue weighted by Crippen LogP contribution is 2.41. The molecule has 1 aliphatic rings.